The molecular formula is C36H29NO5. The second-order valence-corrected chi connectivity index (χ2v) is 11.1. The number of carbonyl (C=O) groups is 3. The van der Waals surface area contributed by atoms with Crippen LogP contribution in [0.15, 0.2) is 97.1 Å². The van der Waals surface area contributed by atoms with E-state index in [-0.39, 0.29) is 17.3 Å². The summed E-state index contributed by atoms with van der Waals surface area (Å²) in [6.45, 7) is 1.97. The van der Waals surface area contributed by atoms with Gasteiger partial charge in [-0.25, -0.2) is 0 Å². The van der Waals surface area contributed by atoms with E-state index in [2.05, 4.69) is 0 Å². The van der Waals surface area contributed by atoms with Crippen LogP contribution >= 0.6 is 0 Å². The summed E-state index contributed by atoms with van der Waals surface area (Å²) in [5.74, 6) is -0.756. The third-order valence-corrected chi connectivity index (χ3v) is 9.09. The monoisotopic (exact) mass is 555 g/mol. The van der Waals surface area contributed by atoms with Crippen molar-refractivity contribution in [2.24, 2.45) is 5.41 Å². The Bertz CT molecular complexity index is 1770. The molecule has 6 nitrogen and oxygen atoms in total. The van der Waals surface area contributed by atoms with Crippen LogP contribution in [0.3, 0.4) is 0 Å². The number of Topliss-reactive ketones (excluding diaryl/α,β-unsaturated/α-hetero) is 3. The number of benzene rings is 4. The fourth-order valence-electron chi connectivity index (χ4n) is 7.31. The minimum atomic E-state index is -1.61. The zero-order chi connectivity index (χ0) is 29.2. The predicted octanol–water partition coefficient (Wildman–Crippen LogP) is 6.33. The highest BCUT2D eigenvalue weighted by molar-refractivity contribution is 6.32. The number of rotatable bonds is 5. The molecule has 2 aliphatic heterocycles. The Labute approximate surface area is 244 Å². The lowest BCUT2D eigenvalue weighted by Crippen LogP contribution is -2.48. The van der Waals surface area contributed by atoms with E-state index in [9.17, 15) is 14.4 Å². The van der Waals surface area contributed by atoms with E-state index in [1.54, 1.807) is 37.4 Å². The standard InChI is InChI=1S/C36H29NO5/c1-21-15-17-23(18-16-21)32(38)31-30(26-12-8-14-28(41-2)33(26)42-3)36(34(39)24-10-5-6-11-25(24)35(36)40)29-20-19-22-9-4-7-13-27(22)37(29)31/h4-20,29-31H,1-3H3. The Hall–Kier alpha value is -4.97. The van der Waals surface area contributed by atoms with E-state index in [1.807, 2.05) is 84.6 Å². The number of anilines is 1. The van der Waals surface area contributed by atoms with Crippen LogP contribution in [0.25, 0.3) is 6.08 Å². The summed E-state index contributed by atoms with van der Waals surface area (Å²) < 4.78 is 11.6. The molecule has 4 aromatic rings. The Morgan fingerprint density at radius 1 is 0.786 bits per heavy atom. The van der Waals surface area contributed by atoms with Gasteiger partial charge in [-0.3, -0.25) is 14.4 Å². The summed E-state index contributed by atoms with van der Waals surface area (Å²) in [4.78, 5) is 46.5. The molecule has 3 aliphatic rings. The lowest BCUT2D eigenvalue weighted by Gasteiger charge is -2.37. The van der Waals surface area contributed by atoms with Crippen LogP contribution < -0.4 is 14.4 Å². The summed E-state index contributed by atoms with van der Waals surface area (Å²) in [6.07, 6.45) is 3.88. The zero-order valence-electron chi connectivity index (χ0n) is 23.5. The second-order valence-electron chi connectivity index (χ2n) is 11.1. The summed E-state index contributed by atoms with van der Waals surface area (Å²) in [5, 5.41) is 0. The highest BCUT2D eigenvalue weighted by atomic mass is 16.5. The number of aryl methyl sites for hydroxylation is 1. The van der Waals surface area contributed by atoms with Crippen LogP contribution in [0.4, 0.5) is 5.69 Å². The fraction of sp³-hybridized carbons (Fsp3) is 0.194. The van der Waals surface area contributed by atoms with Crippen molar-refractivity contribution in [3.05, 3.63) is 130 Å². The number of hydrogen-bond donors (Lipinski definition) is 0. The molecule has 1 spiro atoms. The number of nitrogens with zero attached hydrogens (tertiary/aromatic N) is 1. The molecule has 3 atom stereocenters. The third kappa shape index (κ3) is 3.35. The Morgan fingerprint density at radius 2 is 1.45 bits per heavy atom. The van der Waals surface area contributed by atoms with Gasteiger partial charge in [0.25, 0.3) is 0 Å². The molecule has 208 valence electrons. The predicted molar refractivity (Wildman–Crippen MR) is 161 cm³/mol. The van der Waals surface area contributed by atoms with Crippen LogP contribution in [0, 0.1) is 12.3 Å². The van der Waals surface area contributed by atoms with Crippen molar-refractivity contribution in [2.45, 2.75) is 24.9 Å². The second kappa shape index (κ2) is 9.55. The number of methoxy groups -OCH3 is 2. The smallest absolute Gasteiger partial charge is 0.185 e. The molecule has 0 amide bonds. The van der Waals surface area contributed by atoms with Crippen molar-refractivity contribution in [3.63, 3.8) is 0 Å². The van der Waals surface area contributed by atoms with Crippen LogP contribution in [0.5, 0.6) is 11.5 Å². The van der Waals surface area contributed by atoms with Gasteiger partial charge in [-0.2, -0.15) is 0 Å². The van der Waals surface area contributed by atoms with E-state index in [0.29, 0.717) is 33.8 Å². The maximum Gasteiger partial charge on any atom is 0.185 e. The first-order valence-corrected chi connectivity index (χ1v) is 14.0. The summed E-state index contributed by atoms with van der Waals surface area (Å²) in [7, 11) is 3.08. The Balaban J connectivity index is 1.58. The van der Waals surface area contributed by atoms with Crippen molar-refractivity contribution in [1.29, 1.82) is 0 Å². The lowest BCUT2D eigenvalue weighted by molar-refractivity contribution is 0.0664. The van der Waals surface area contributed by atoms with E-state index < -0.39 is 23.4 Å². The summed E-state index contributed by atoms with van der Waals surface area (Å²) in [5.41, 5.74) is 2.98. The van der Waals surface area contributed by atoms with Gasteiger partial charge in [0.1, 0.15) is 11.5 Å². The number of carbonyl (C=O) groups excluding carboxylic acids is 3. The van der Waals surface area contributed by atoms with Crippen LogP contribution in [0.1, 0.15) is 53.7 Å². The van der Waals surface area contributed by atoms with Gasteiger partial charge >= 0.3 is 0 Å². The Kier molecular flexibility index (Phi) is 5.91. The number of para-hydroxylation sites is 2. The molecule has 6 heteroatoms. The molecule has 1 saturated heterocycles. The van der Waals surface area contributed by atoms with Crippen molar-refractivity contribution in [3.8, 4) is 11.5 Å². The number of ether oxygens (including phenoxy) is 2. The van der Waals surface area contributed by atoms with E-state index >= 15 is 0 Å². The van der Waals surface area contributed by atoms with Crippen molar-refractivity contribution in [2.75, 3.05) is 19.1 Å². The highest BCUT2D eigenvalue weighted by Crippen LogP contribution is 2.62. The molecule has 42 heavy (non-hydrogen) atoms. The summed E-state index contributed by atoms with van der Waals surface area (Å²) in [6, 6.07) is 26.0. The molecule has 7 rings (SSSR count). The molecule has 0 aromatic heterocycles. The molecule has 0 bridgehead atoms. The van der Waals surface area contributed by atoms with E-state index in [1.165, 1.54) is 7.11 Å². The molecule has 4 aromatic carbocycles. The topological polar surface area (TPSA) is 72.9 Å². The lowest BCUT2D eigenvalue weighted by atomic mass is 9.64. The van der Waals surface area contributed by atoms with Crippen LogP contribution in [0.2, 0.25) is 0 Å². The third-order valence-electron chi connectivity index (χ3n) is 9.09. The van der Waals surface area contributed by atoms with Crippen LogP contribution in [-0.4, -0.2) is 43.7 Å². The minimum absolute atomic E-state index is 0.173. The Morgan fingerprint density at radius 3 is 2.12 bits per heavy atom. The fourth-order valence-corrected chi connectivity index (χ4v) is 7.31. The minimum Gasteiger partial charge on any atom is -0.493 e. The quantitative estimate of drug-likeness (QED) is 0.212. The molecular weight excluding hydrogens is 526 g/mol. The number of ketones is 3. The molecule has 1 fully saturated rings. The average Bonchev–Trinajstić information content (AvgIpc) is 3.46. The van der Waals surface area contributed by atoms with Gasteiger partial charge in [0.15, 0.2) is 28.8 Å². The number of fused-ring (bicyclic) bond motifs is 5. The van der Waals surface area contributed by atoms with Crippen LogP contribution in [-0.2, 0) is 0 Å². The van der Waals surface area contributed by atoms with Gasteiger partial charge < -0.3 is 14.4 Å². The van der Waals surface area contributed by atoms with E-state index in [0.717, 1.165) is 16.8 Å². The summed E-state index contributed by atoms with van der Waals surface area (Å²) >= 11 is 0. The maximum atomic E-state index is 14.8. The highest BCUT2D eigenvalue weighted by Gasteiger charge is 2.72. The average molecular weight is 556 g/mol. The van der Waals surface area contributed by atoms with Gasteiger partial charge in [-0.05, 0) is 24.6 Å². The molecule has 0 N–H and O–H groups in total. The SMILES string of the molecule is COc1cccc(C2C(C(=O)c3ccc(C)cc3)N3c4ccccc4C=CC3C23C(=O)c2ccccc2C3=O)c1OC. The first kappa shape index (κ1) is 26.0. The normalized spacial score (nSPS) is 21.2. The van der Waals surface area contributed by atoms with Crippen molar-refractivity contribution >= 4 is 29.1 Å². The molecule has 3 unspecified atom stereocenters. The number of hydrogen-bond acceptors (Lipinski definition) is 6. The largest absolute Gasteiger partial charge is 0.493 e. The van der Waals surface area contributed by atoms with E-state index in [4.69, 9.17) is 9.47 Å². The van der Waals surface area contributed by atoms with Gasteiger partial charge in [0, 0.05) is 33.9 Å². The first-order valence-electron chi connectivity index (χ1n) is 14.0. The molecule has 0 saturated carbocycles. The zero-order valence-corrected chi connectivity index (χ0v) is 23.5. The van der Waals surface area contributed by atoms with Crippen molar-refractivity contribution < 1.29 is 23.9 Å². The van der Waals surface area contributed by atoms with Gasteiger partial charge in [0.05, 0.1) is 20.3 Å². The molecule has 1 aliphatic carbocycles. The maximum absolute atomic E-state index is 14.8. The van der Waals surface area contributed by atoms with Gasteiger partial charge in [0.2, 0.25) is 0 Å². The van der Waals surface area contributed by atoms with Gasteiger partial charge in [-0.1, -0.05) is 96.6 Å². The van der Waals surface area contributed by atoms with Gasteiger partial charge in [-0.15, -0.1) is 0 Å². The van der Waals surface area contributed by atoms with Crippen molar-refractivity contribution in [1.82, 2.24) is 0 Å². The molecule has 2 heterocycles. The molecule has 0 radical (unpaired) electrons. The first-order chi connectivity index (χ1) is 20.4.